The van der Waals surface area contributed by atoms with Gasteiger partial charge in [0.15, 0.2) is 0 Å². The van der Waals surface area contributed by atoms with Gasteiger partial charge in [-0.1, -0.05) is 12.1 Å². The van der Waals surface area contributed by atoms with Gasteiger partial charge in [-0.05, 0) is 17.7 Å². The Morgan fingerprint density at radius 2 is 1.83 bits per heavy atom. The van der Waals surface area contributed by atoms with Crippen LogP contribution >= 0.6 is 12.4 Å². The molecule has 0 radical (unpaired) electrons. The van der Waals surface area contributed by atoms with Gasteiger partial charge in [0, 0.05) is 6.54 Å². The van der Waals surface area contributed by atoms with Gasteiger partial charge in [-0.3, -0.25) is 4.79 Å². The van der Waals surface area contributed by atoms with Crippen LogP contribution in [0.25, 0.3) is 0 Å². The summed E-state index contributed by atoms with van der Waals surface area (Å²) < 4.78 is 39.2. The Bertz CT molecular complexity index is 382. The van der Waals surface area contributed by atoms with E-state index in [1.54, 1.807) is 0 Å². The molecule has 18 heavy (non-hydrogen) atoms. The Morgan fingerprint density at radius 3 is 2.28 bits per heavy atom. The highest BCUT2D eigenvalue weighted by Crippen LogP contribution is 2.22. The Kier molecular flexibility index (Phi) is 6.50. The Labute approximate surface area is 108 Å². The number of alkyl halides is 3. The van der Waals surface area contributed by atoms with Gasteiger partial charge in [0.2, 0.25) is 5.91 Å². The lowest BCUT2D eigenvalue weighted by Crippen LogP contribution is -2.29. The molecule has 0 aliphatic carbocycles. The van der Waals surface area contributed by atoms with Gasteiger partial charge in [0.05, 0.1) is 6.54 Å². The molecule has 0 atom stereocenters. The van der Waals surface area contributed by atoms with Crippen molar-refractivity contribution in [1.29, 1.82) is 0 Å². The molecule has 0 aromatic heterocycles. The van der Waals surface area contributed by atoms with Gasteiger partial charge >= 0.3 is 6.36 Å². The first-order chi connectivity index (χ1) is 7.90. The highest BCUT2D eigenvalue weighted by molar-refractivity contribution is 5.85. The van der Waals surface area contributed by atoms with E-state index in [0.717, 1.165) is 0 Å². The van der Waals surface area contributed by atoms with Crippen molar-refractivity contribution in [3.63, 3.8) is 0 Å². The molecular formula is C10H12ClF3N2O2. The molecule has 0 aliphatic heterocycles. The van der Waals surface area contributed by atoms with E-state index in [2.05, 4.69) is 10.1 Å². The molecule has 0 spiro atoms. The summed E-state index contributed by atoms with van der Waals surface area (Å²) in [5, 5.41) is 2.49. The summed E-state index contributed by atoms with van der Waals surface area (Å²) in [4.78, 5) is 10.8. The van der Waals surface area contributed by atoms with E-state index >= 15 is 0 Å². The maximum absolute atomic E-state index is 11.8. The van der Waals surface area contributed by atoms with Gasteiger partial charge in [0.25, 0.3) is 0 Å². The molecule has 0 heterocycles. The summed E-state index contributed by atoms with van der Waals surface area (Å²) in [6.45, 7) is 0.0810. The summed E-state index contributed by atoms with van der Waals surface area (Å²) in [7, 11) is 0. The zero-order valence-electron chi connectivity index (χ0n) is 9.16. The molecule has 0 unspecified atom stereocenters. The fourth-order valence-corrected chi connectivity index (χ4v) is 1.08. The van der Waals surface area contributed by atoms with Crippen molar-refractivity contribution in [3.05, 3.63) is 29.8 Å². The maximum Gasteiger partial charge on any atom is 0.573 e. The third kappa shape index (κ3) is 6.31. The number of ether oxygens (including phenoxy) is 1. The van der Waals surface area contributed by atoms with E-state index in [1.165, 1.54) is 24.3 Å². The number of amides is 1. The van der Waals surface area contributed by atoms with Crippen molar-refractivity contribution in [2.45, 2.75) is 12.9 Å². The van der Waals surface area contributed by atoms with Crippen molar-refractivity contribution in [3.8, 4) is 5.75 Å². The molecule has 8 heteroatoms. The molecule has 1 rings (SSSR count). The van der Waals surface area contributed by atoms with Gasteiger partial charge in [-0.2, -0.15) is 0 Å². The third-order valence-electron chi connectivity index (χ3n) is 1.83. The zero-order chi connectivity index (χ0) is 12.9. The van der Waals surface area contributed by atoms with Crippen molar-refractivity contribution >= 4 is 18.3 Å². The quantitative estimate of drug-likeness (QED) is 0.882. The first-order valence-electron chi connectivity index (χ1n) is 4.72. The van der Waals surface area contributed by atoms with Gasteiger partial charge < -0.3 is 15.8 Å². The summed E-state index contributed by atoms with van der Waals surface area (Å²) >= 11 is 0. The van der Waals surface area contributed by atoms with Crippen LogP contribution in [0.3, 0.4) is 0 Å². The lowest BCUT2D eigenvalue weighted by molar-refractivity contribution is -0.274. The summed E-state index contributed by atoms with van der Waals surface area (Å²) in [6, 6.07) is 5.21. The number of hydrogen-bond acceptors (Lipinski definition) is 3. The van der Waals surface area contributed by atoms with E-state index in [-0.39, 0.29) is 37.2 Å². The topological polar surface area (TPSA) is 64.4 Å². The molecule has 102 valence electrons. The summed E-state index contributed by atoms with van der Waals surface area (Å²) in [5.74, 6) is -0.632. The van der Waals surface area contributed by atoms with Crippen LogP contribution in [0.5, 0.6) is 5.75 Å². The second-order valence-corrected chi connectivity index (χ2v) is 3.17. The number of carbonyl (C=O) groups excluding carboxylic acids is 1. The van der Waals surface area contributed by atoms with Crippen LogP contribution in [0.4, 0.5) is 13.2 Å². The predicted molar refractivity (Wildman–Crippen MR) is 61.3 cm³/mol. The van der Waals surface area contributed by atoms with Crippen LogP contribution in [0, 0.1) is 0 Å². The van der Waals surface area contributed by atoms with Crippen LogP contribution in [-0.4, -0.2) is 18.8 Å². The first kappa shape index (κ1) is 16.5. The van der Waals surface area contributed by atoms with Crippen LogP contribution in [0.2, 0.25) is 0 Å². The molecule has 0 aliphatic rings. The average molecular weight is 285 g/mol. The summed E-state index contributed by atoms with van der Waals surface area (Å²) in [5.41, 5.74) is 5.73. The fraction of sp³-hybridized carbons (Fsp3) is 0.300. The molecule has 1 aromatic rings. The van der Waals surface area contributed by atoms with E-state index < -0.39 is 6.36 Å². The third-order valence-corrected chi connectivity index (χ3v) is 1.83. The number of halogens is 4. The molecule has 0 bridgehead atoms. The SMILES string of the molecule is Cl.NCC(=O)NCc1ccc(OC(F)(F)F)cc1. The zero-order valence-corrected chi connectivity index (χ0v) is 9.98. The number of nitrogens with one attached hydrogen (secondary N) is 1. The molecule has 1 aromatic carbocycles. The van der Waals surface area contributed by atoms with Crippen molar-refractivity contribution in [2.75, 3.05) is 6.54 Å². The highest BCUT2D eigenvalue weighted by atomic mass is 35.5. The number of hydrogen-bond donors (Lipinski definition) is 2. The minimum absolute atomic E-state index is 0. The van der Waals surface area contributed by atoms with Gasteiger partial charge in [0.1, 0.15) is 5.75 Å². The van der Waals surface area contributed by atoms with E-state index in [4.69, 9.17) is 5.73 Å². The lowest BCUT2D eigenvalue weighted by Gasteiger charge is -2.09. The highest BCUT2D eigenvalue weighted by Gasteiger charge is 2.30. The number of rotatable bonds is 4. The van der Waals surface area contributed by atoms with Gasteiger partial charge in [-0.25, -0.2) is 0 Å². The molecular weight excluding hydrogens is 273 g/mol. The Hall–Kier alpha value is -1.47. The van der Waals surface area contributed by atoms with Crippen molar-refractivity contribution < 1.29 is 22.7 Å². The lowest BCUT2D eigenvalue weighted by atomic mass is 10.2. The largest absolute Gasteiger partial charge is 0.573 e. The van der Waals surface area contributed by atoms with Crippen LogP contribution in [0.1, 0.15) is 5.56 Å². The Morgan fingerprint density at radius 1 is 1.28 bits per heavy atom. The Balaban J connectivity index is 0.00000289. The molecule has 0 saturated carbocycles. The minimum atomic E-state index is -4.70. The van der Waals surface area contributed by atoms with E-state index in [1.807, 2.05) is 0 Å². The number of benzene rings is 1. The molecule has 1 amide bonds. The smallest absolute Gasteiger partial charge is 0.406 e. The van der Waals surface area contributed by atoms with Crippen molar-refractivity contribution in [2.24, 2.45) is 5.73 Å². The maximum atomic E-state index is 11.8. The molecule has 0 saturated heterocycles. The second-order valence-electron chi connectivity index (χ2n) is 3.17. The summed E-state index contributed by atoms with van der Waals surface area (Å²) in [6.07, 6.45) is -4.70. The minimum Gasteiger partial charge on any atom is -0.406 e. The second kappa shape index (κ2) is 7.07. The van der Waals surface area contributed by atoms with E-state index in [0.29, 0.717) is 5.56 Å². The first-order valence-corrected chi connectivity index (χ1v) is 4.72. The monoisotopic (exact) mass is 284 g/mol. The van der Waals surface area contributed by atoms with Gasteiger partial charge in [-0.15, -0.1) is 25.6 Å². The number of nitrogens with two attached hydrogens (primary N) is 1. The number of carbonyl (C=O) groups is 1. The predicted octanol–water partition coefficient (Wildman–Crippen LogP) is 1.58. The standard InChI is InChI=1S/C10H11F3N2O2.ClH/c11-10(12,13)17-8-3-1-7(2-4-8)6-15-9(16)5-14;/h1-4H,5-6,14H2,(H,15,16);1H. The van der Waals surface area contributed by atoms with Crippen LogP contribution in [-0.2, 0) is 11.3 Å². The van der Waals surface area contributed by atoms with Crippen LogP contribution in [0.15, 0.2) is 24.3 Å². The molecule has 4 nitrogen and oxygen atoms in total. The fourth-order valence-electron chi connectivity index (χ4n) is 1.08. The van der Waals surface area contributed by atoms with Crippen molar-refractivity contribution in [1.82, 2.24) is 5.32 Å². The molecule has 3 N–H and O–H groups in total. The van der Waals surface area contributed by atoms with Crippen LogP contribution < -0.4 is 15.8 Å². The normalized spacial score (nSPS) is 10.4. The molecule has 0 fully saturated rings. The average Bonchev–Trinajstić information content (AvgIpc) is 2.25. The van der Waals surface area contributed by atoms with E-state index in [9.17, 15) is 18.0 Å².